The van der Waals surface area contributed by atoms with Crippen LogP contribution in [0.15, 0.2) is 15.9 Å². The van der Waals surface area contributed by atoms with Crippen molar-refractivity contribution < 1.29 is 0 Å². The lowest BCUT2D eigenvalue weighted by Gasteiger charge is -2.21. The third-order valence-corrected chi connectivity index (χ3v) is 4.96. The molecule has 0 amide bonds. The Morgan fingerprint density at radius 2 is 2.23 bits per heavy atom. The molecule has 72 valence electrons. The van der Waals surface area contributed by atoms with Crippen LogP contribution >= 0.6 is 27.3 Å². The van der Waals surface area contributed by atoms with E-state index in [4.69, 9.17) is 0 Å². The summed E-state index contributed by atoms with van der Waals surface area (Å²) >= 11 is 5.40. The van der Waals surface area contributed by atoms with Gasteiger partial charge in [-0.15, -0.1) is 11.3 Å². The second-order valence-electron chi connectivity index (χ2n) is 3.77. The SMILES string of the molecule is CNC(C)C1(c2ccc(Br)s2)CC1. The van der Waals surface area contributed by atoms with Crippen LogP contribution in [0, 0.1) is 0 Å². The van der Waals surface area contributed by atoms with Crippen LogP contribution in [0.1, 0.15) is 24.6 Å². The third-order valence-electron chi connectivity index (χ3n) is 3.11. The van der Waals surface area contributed by atoms with E-state index in [0.717, 1.165) is 0 Å². The number of rotatable bonds is 3. The van der Waals surface area contributed by atoms with Gasteiger partial charge in [-0.2, -0.15) is 0 Å². The topological polar surface area (TPSA) is 12.0 Å². The van der Waals surface area contributed by atoms with Gasteiger partial charge in [-0.05, 0) is 54.9 Å². The molecule has 1 aromatic heterocycles. The zero-order valence-electron chi connectivity index (χ0n) is 7.93. The number of hydrogen-bond acceptors (Lipinski definition) is 2. The van der Waals surface area contributed by atoms with Crippen LogP contribution in [0.5, 0.6) is 0 Å². The van der Waals surface area contributed by atoms with Gasteiger partial charge in [0.05, 0.1) is 3.79 Å². The minimum absolute atomic E-state index is 0.450. The van der Waals surface area contributed by atoms with Gasteiger partial charge < -0.3 is 5.32 Å². The van der Waals surface area contributed by atoms with Gasteiger partial charge in [-0.1, -0.05) is 0 Å². The van der Waals surface area contributed by atoms with Crippen molar-refractivity contribution in [1.29, 1.82) is 0 Å². The molecule has 1 atom stereocenters. The fourth-order valence-corrected chi connectivity index (χ4v) is 3.61. The van der Waals surface area contributed by atoms with E-state index in [1.165, 1.54) is 21.5 Å². The molecule has 0 aliphatic heterocycles. The molecule has 1 saturated carbocycles. The minimum atomic E-state index is 0.450. The summed E-state index contributed by atoms with van der Waals surface area (Å²) < 4.78 is 1.25. The number of thiophene rings is 1. The Hall–Kier alpha value is 0.140. The Morgan fingerprint density at radius 1 is 1.54 bits per heavy atom. The maximum absolute atomic E-state index is 3.52. The molecule has 1 heterocycles. The number of hydrogen-bond donors (Lipinski definition) is 1. The van der Waals surface area contributed by atoms with Crippen molar-refractivity contribution in [3.05, 3.63) is 20.8 Å². The first-order valence-corrected chi connectivity index (χ1v) is 6.23. The fraction of sp³-hybridized carbons (Fsp3) is 0.600. The Kier molecular flexibility index (Phi) is 2.51. The van der Waals surface area contributed by atoms with Crippen molar-refractivity contribution in [1.82, 2.24) is 5.32 Å². The van der Waals surface area contributed by atoms with Crippen molar-refractivity contribution in [3.8, 4) is 0 Å². The quantitative estimate of drug-likeness (QED) is 0.880. The summed E-state index contributed by atoms with van der Waals surface area (Å²) in [6.45, 7) is 2.28. The predicted molar refractivity (Wildman–Crippen MR) is 61.5 cm³/mol. The lowest BCUT2D eigenvalue weighted by Crippen LogP contribution is -2.34. The zero-order chi connectivity index (χ0) is 9.47. The Balaban J connectivity index is 2.25. The second-order valence-corrected chi connectivity index (χ2v) is 6.23. The smallest absolute Gasteiger partial charge is 0.0701 e. The molecular formula is C10H14BrNS. The molecule has 0 spiro atoms. The van der Waals surface area contributed by atoms with E-state index >= 15 is 0 Å². The molecule has 1 N–H and O–H groups in total. The maximum Gasteiger partial charge on any atom is 0.0701 e. The Labute approximate surface area is 91.7 Å². The number of likely N-dealkylation sites (N-methyl/N-ethyl adjacent to an activating group) is 1. The van der Waals surface area contributed by atoms with E-state index in [1.54, 1.807) is 0 Å². The van der Waals surface area contributed by atoms with Crippen LogP contribution in [0.3, 0.4) is 0 Å². The van der Waals surface area contributed by atoms with Crippen molar-refractivity contribution in [2.45, 2.75) is 31.2 Å². The molecule has 0 saturated heterocycles. The molecule has 1 aliphatic carbocycles. The molecule has 2 rings (SSSR count). The van der Waals surface area contributed by atoms with Crippen LogP contribution in [0.4, 0.5) is 0 Å². The molecule has 0 aromatic carbocycles. The molecule has 1 unspecified atom stereocenters. The third kappa shape index (κ3) is 1.58. The summed E-state index contributed by atoms with van der Waals surface area (Å²) in [5, 5.41) is 3.37. The van der Waals surface area contributed by atoms with Gasteiger partial charge in [0.1, 0.15) is 0 Å². The summed E-state index contributed by atoms with van der Waals surface area (Å²) in [7, 11) is 2.05. The summed E-state index contributed by atoms with van der Waals surface area (Å²) in [6, 6.07) is 5.01. The van der Waals surface area contributed by atoms with Crippen LogP contribution in [0.25, 0.3) is 0 Å². The first kappa shape index (κ1) is 9.69. The average molecular weight is 260 g/mol. The van der Waals surface area contributed by atoms with Gasteiger partial charge in [0.2, 0.25) is 0 Å². The van der Waals surface area contributed by atoms with E-state index in [-0.39, 0.29) is 0 Å². The molecule has 0 bridgehead atoms. The highest BCUT2D eigenvalue weighted by molar-refractivity contribution is 9.11. The largest absolute Gasteiger partial charge is 0.316 e. The molecule has 1 fully saturated rings. The second kappa shape index (κ2) is 3.37. The molecule has 0 radical (unpaired) electrons. The van der Waals surface area contributed by atoms with Gasteiger partial charge >= 0.3 is 0 Å². The maximum atomic E-state index is 3.52. The summed E-state index contributed by atoms with van der Waals surface area (Å²) in [5.41, 5.74) is 0.450. The normalized spacial score (nSPS) is 21.5. The molecule has 13 heavy (non-hydrogen) atoms. The highest BCUT2D eigenvalue weighted by Crippen LogP contribution is 2.53. The van der Waals surface area contributed by atoms with Crippen molar-refractivity contribution in [3.63, 3.8) is 0 Å². The molecule has 1 aliphatic rings. The van der Waals surface area contributed by atoms with Gasteiger partial charge in [-0.3, -0.25) is 0 Å². The van der Waals surface area contributed by atoms with Crippen LogP contribution in [-0.4, -0.2) is 13.1 Å². The van der Waals surface area contributed by atoms with Crippen molar-refractivity contribution >= 4 is 27.3 Å². The van der Waals surface area contributed by atoms with Gasteiger partial charge in [0.15, 0.2) is 0 Å². The molecular weight excluding hydrogens is 246 g/mol. The van der Waals surface area contributed by atoms with Crippen molar-refractivity contribution in [2.24, 2.45) is 0 Å². The van der Waals surface area contributed by atoms with E-state index in [0.29, 0.717) is 11.5 Å². The van der Waals surface area contributed by atoms with Crippen LogP contribution in [0.2, 0.25) is 0 Å². The lowest BCUT2D eigenvalue weighted by atomic mass is 9.96. The van der Waals surface area contributed by atoms with E-state index in [1.807, 2.05) is 18.4 Å². The Bertz CT molecular complexity index is 304. The summed E-state index contributed by atoms with van der Waals surface area (Å²) in [5.74, 6) is 0. The predicted octanol–water partition coefficient (Wildman–Crippen LogP) is 3.15. The Morgan fingerprint density at radius 3 is 2.62 bits per heavy atom. The van der Waals surface area contributed by atoms with Crippen LogP contribution in [-0.2, 0) is 5.41 Å². The summed E-state index contributed by atoms with van der Waals surface area (Å²) in [4.78, 5) is 1.53. The average Bonchev–Trinajstić information content (AvgIpc) is 2.83. The lowest BCUT2D eigenvalue weighted by molar-refractivity contribution is 0.486. The van der Waals surface area contributed by atoms with Crippen molar-refractivity contribution in [2.75, 3.05) is 7.05 Å². The monoisotopic (exact) mass is 259 g/mol. The molecule has 1 nitrogen and oxygen atoms in total. The first-order valence-electron chi connectivity index (χ1n) is 4.62. The molecule has 3 heteroatoms. The van der Waals surface area contributed by atoms with E-state index in [9.17, 15) is 0 Å². The highest BCUT2D eigenvalue weighted by atomic mass is 79.9. The van der Waals surface area contributed by atoms with Gasteiger partial charge in [0, 0.05) is 16.3 Å². The highest BCUT2D eigenvalue weighted by Gasteiger charge is 2.49. The van der Waals surface area contributed by atoms with E-state index in [2.05, 4.69) is 40.3 Å². The molecule has 1 aromatic rings. The van der Waals surface area contributed by atoms with E-state index < -0.39 is 0 Å². The number of halogens is 1. The number of nitrogens with one attached hydrogen (secondary N) is 1. The van der Waals surface area contributed by atoms with Crippen LogP contribution < -0.4 is 5.32 Å². The summed E-state index contributed by atoms with van der Waals surface area (Å²) in [6.07, 6.45) is 2.67. The fourth-order valence-electron chi connectivity index (χ4n) is 1.89. The van der Waals surface area contributed by atoms with Gasteiger partial charge in [-0.25, -0.2) is 0 Å². The van der Waals surface area contributed by atoms with Gasteiger partial charge in [0.25, 0.3) is 0 Å². The first-order chi connectivity index (χ1) is 6.19. The minimum Gasteiger partial charge on any atom is -0.316 e. The zero-order valence-corrected chi connectivity index (χ0v) is 10.3. The standard InChI is InChI=1S/C10H14BrNS/c1-7(12-2)10(5-6-10)8-3-4-9(11)13-8/h3-4,7,12H,5-6H2,1-2H3.